The number of rotatable bonds is 7. The van der Waals surface area contributed by atoms with Gasteiger partial charge in [0.15, 0.2) is 17.3 Å². The van der Waals surface area contributed by atoms with Crippen LogP contribution >= 0.6 is 0 Å². The number of anilines is 2. The first-order chi connectivity index (χ1) is 21.9. The molecule has 4 aromatic rings. The summed E-state index contributed by atoms with van der Waals surface area (Å²) in [6.45, 7) is 0. The molecule has 230 valence electrons. The van der Waals surface area contributed by atoms with Crippen molar-refractivity contribution in [2.75, 3.05) is 38.7 Å². The van der Waals surface area contributed by atoms with Crippen molar-refractivity contribution < 1.29 is 32.9 Å². The monoisotopic (exact) mass is 608 g/mol. The standard InChI is InChI=1S/C36H33FN2O6/c1-42-26-9-7-8-22(16-26)34-33-28(17-23(18-30(33)40)21-12-14-25(37)15-13-21)38-27-10-5-6-11-29(27)39(34)36(41)24-19-31(43-2)35(45-4)32(20-24)44-3/h5-16,19-20,23,34,38H,17-18H2,1-4H3/t23-,34-/m0/s1. The summed E-state index contributed by atoms with van der Waals surface area (Å²) in [4.78, 5) is 30.8. The second kappa shape index (κ2) is 12.4. The number of amides is 1. The molecule has 2 atom stereocenters. The minimum absolute atomic E-state index is 0.110. The van der Waals surface area contributed by atoms with Gasteiger partial charge in [-0.05, 0) is 72.0 Å². The lowest BCUT2D eigenvalue weighted by Gasteiger charge is -2.35. The Hall–Kier alpha value is -5.31. The fraction of sp³-hybridized carbons (Fsp3) is 0.222. The van der Waals surface area contributed by atoms with E-state index < -0.39 is 6.04 Å². The molecule has 9 heteroatoms. The highest BCUT2D eigenvalue weighted by atomic mass is 19.1. The average Bonchev–Trinajstić information content (AvgIpc) is 3.22. The Morgan fingerprint density at radius 2 is 1.51 bits per heavy atom. The van der Waals surface area contributed by atoms with Crippen molar-refractivity contribution in [1.29, 1.82) is 0 Å². The molecule has 0 saturated heterocycles. The molecule has 0 spiro atoms. The topological polar surface area (TPSA) is 86.3 Å². The fourth-order valence-electron chi connectivity index (χ4n) is 6.25. The summed E-state index contributed by atoms with van der Waals surface area (Å²) in [5, 5.41) is 3.52. The van der Waals surface area contributed by atoms with E-state index in [4.69, 9.17) is 18.9 Å². The third-order valence-electron chi connectivity index (χ3n) is 8.37. The number of fused-ring (bicyclic) bond motifs is 1. The second-order valence-electron chi connectivity index (χ2n) is 10.9. The van der Waals surface area contributed by atoms with Crippen LogP contribution in [0.2, 0.25) is 0 Å². The van der Waals surface area contributed by atoms with Crippen LogP contribution in [-0.2, 0) is 4.79 Å². The van der Waals surface area contributed by atoms with E-state index >= 15 is 0 Å². The number of nitrogens with one attached hydrogen (secondary N) is 1. The number of ether oxygens (including phenoxy) is 4. The summed E-state index contributed by atoms with van der Waals surface area (Å²) in [5.41, 5.74) is 4.31. The molecule has 1 heterocycles. The Labute approximate surface area is 261 Å². The molecule has 0 unspecified atom stereocenters. The van der Waals surface area contributed by atoms with Crippen LogP contribution in [0.3, 0.4) is 0 Å². The van der Waals surface area contributed by atoms with Gasteiger partial charge in [-0.2, -0.15) is 0 Å². The highest BCUT2D eigenvalue weighted by Crippen LogP contribution is 2.49. The largest absolute Gasteiger partial charge is 0.497 e. The minimum atomic E-state index is -0.806. The first-order valence-corrected chi connectivity index (χ1v) is 14.5. The van der Waals surface area contributed by atoms with Crippen molar-refractivity contribution in [2.45, 2.75) is 24.8 Å². The van der Waals surface area contributed by atoms with E-state index in [1.165, 1.54) is 33.5 Å². The molecule has 1 amide bonds. The predicted molar refractivity (Wildman–Crippen MR) is 169 cm³/mol. The molecule has 2 aliphatic rings. The van der Waals surface area contributed by atoms with Crippen molar-refractivity contribution >= 4 is 23.1 Å². The predicted octanol–water partition coefficient (Wildman–Crippen LogP) is 7.07. The van der Waals surface area contributed by atoms with Gasteiger partial charge in [-0.3, -0.25) is 14.5 Å². The highest BCUT2D eigenvalue weighted by molar-refractivity contribution is 6.12. The maximum Gasteiger partial charge on any atom is 0.259 e. The van der Waals surface area contributed by atoms with Crippen molar-refractivity contribution in [3.63, 3.8) is 0 Å². The van der Waals surface area contributed by atoms with Crippen molar-refractivity contribution in [3.05, 3.63) is 119 Å². The number of carbonyl (C=O) groups excluding carboxylic acids is 2. The molecule has 45 heavy (non-hydrogen) atoms. The quantitative estimate of drug-likeness (QED) is 0.240. The van der Waals surface area contributed by atoms with Crippen molar-refractivity contribution in [3.8, 4) is 23.0 Å². The summed E-state index contributed by atoms with van der Waals surface area (Å²) < 4.78 is 35.9. The van der Waals surface area contributed by atoms with Gasteiger partial charge in [-0.15, -0.1) is 0 Å². The molecular formula is C36H33FN2O6. The number of halogens is 1. The van der Waals surface area contributed by atoms with Crippen molar-refractivity contribution in [2.24, 2.45) is 0 Å². The molecular weight excluding hydrogens is 575 g/mol. The molecule has 0 radical (unpaired) electrons. The van der Waals surface area contributed by atoms with Gasteiger partial charge in [-0.1, -0.05) is 36.4 Å². The van der Waals surface area contributed by atoms with Crippen LogP contribution in [0.25, 0.3) is 0 Å². The van der Waals surface area contributed by atoms with Crippen LogP contribution in [0.15, 0.2) is 96.2 Å². The van der Waals surface area contributed by atoms with E-state index in [1.54, 1.807) is 36.3 Å². The summed E-state index contributed by atoms with van der Waals surface area (Å²) in [7, 11) is 6.06. The minimum Gasteiger partial charge on any atom is -0.497 e. The van der Waals surface area contributed by atoms with Gasteiger partial charge in [0.2, 0.25) is 5.75 Å². The summed E-state index contributed by atoms with van der Waals surface area (Å²) in [6, 6.07) is 23.5. The zero-order chi connectivity index (χ0) is 31.7. The zero-order valence-corrected chi connectivity index (χ0v) is 25.4. The Balaban J connectivity index is 1.57. The number of benzene rings is 4. The van der Waals surface area contributed by atoms with Gasteiger partial charge in [0.05, 0.1) is 45.9 Å². The van der Waals surface area contributed by atoms with Crippen LogP contribution in [0, 0.1) is 5.82 Å². The number of allylic oxidation sites excluding steroid dienone is 1. The Morgan fingerprint density at radius 3 is 2.18 bits per heavy atom. The van der Waals surface area contributed by atoms with E-state index in [0.717, 1.165) is 5.56 Å². The lowest BCUT2D eigenvalue weighted by molar-refractivity contribution is -0.116. The summed E-state index contributed by atoms with van der Waals surface area (Å²) >= 11 is 0. The maximum absolute atomic E-state index is 14.8. The maximum atomic E-state index is 14.8. The highest BCUT2D eigenvalue weighted by Gasteiger charge is 2.42. The molecule has 8 nitrogen and oxygen atoms in total. The first-order valence-electron chi connectivity index (χ1n) is 14.5. The lowest BCUT2D eigenvalue weighted by atomic mass is 9.78. The Bertz CT molecular complexity index is 1780. The Morgan fingerprint density at radius 1 is 0.800 bits per heavy atom. The summed E-state index contributed by atoms with van der Waals surface area (Å²) in [6.07, 6.45) is 0.697. The third kappa shape index (κ3) is 5.46. The molecule has 0 bridgehead atoms. The lowest BCUT2D eigenvalue weighted by Crippen LogP contribution is -2.38. The molecule has 1 aliphatic carbocycles. The van der Waals surface area contributed by atoms with E-state index in [0.29, 0.717) is 57.6 Å². The number of carbonyl (C=O) groups is 2. The number of para-hydroxylation sites is 2. The second-order valence-corrected chi connectivity index (χ2v) is 10.9. The number of methoxy groups -OCH3 is 4. The fourth-order valence-corrected chi connectivity index (χ4v) is 6.25. The first kappa shape index (κ1) is 29.7. The van der Waals surface area contributed by atoms with E-state index in [2.05, 4.69) is 5.32 Å². The average molecular weight is 609 g/mol. The third-order valence-corrected chi connectivity index (χ3v) is 8.37. The molecule has 1 N–H and O–H groups in total. The van der Waals surface area contributed by atoms with E-state index in [1.807, 2.05) is 48.5 Å². The normalized spacial score (nSPS) is 17.4. The number of nitrogens with zero attached hydrogens (tertiary/aromatic N) is 1. The van der Waals surface area contributed by atoms with Crippen LogP contribution < -0.4 is 29.2 Å². The van der Waals surface area contributed by atoms with Crippen LogP contribution in [-0.4, -0.2) is 40.1 Å². The number of Topliss-reactive ketones (excluding diaryl/α,β-unsaturated/α-hetero) is 1. The molecule has 0 aromatic heterocycles. The molecule has 0 fully saturated rings. The number of hydrogen-bond donors (Lipinski definition) is 1. The number of ketones is 1. The van der Waals surface area contributed by atoms with E-state index in [9.17, 15) is 14.0 Å². The smallest absolute Gasteiger partial charge is 0.259 e. The van der Waals surface area contributed by atoms with Crippen LogP contribution in [0.1, 0.15) is 46.3 Å². The van der Waals surface area contributed by atoms with Gasteiger partial charge < -0.3 is 24.3 Å². The van der Waals surface area contributed by atoms with Gasteiger partial charge in [0.1, 0.15) is 11.6 Å². The molecule has 4 aromatic carbocycles. The van der Waals surface area contributed by atoms with E-state index in [-0.39, 0.29) is 35.4 Å². The van der Waals surface area contributed by atoms with Crippen LogP contribution in [0.4, 0.5) is 15.8 Å². The molecule has 0 saturated carbocycles. The van der Waals surface area contributed by atoms with Gasteiger partial charge in [0, 0.05) is 23.3 Å². The van der Waals surface area contributed by atoms with Crippen LogP contribution in [0.5, 0.6) is 23.0 Å². The number of hydrogen-bond acceptors (Lipinski definition) is 7. The zero-order valence-electron chi connectivity index (χ0n) is 25.4. The molecule has 1 aliphatic heterocycles. The summed E-state index contributed by atoms with van der Waals surface area (Å²) in [5.74, 6) is 0.622. The van der Waals surface area contributed by atoms with Gasteiger partial charge in [-0.25, -0.2) is 4.39 Å². The SMILES string of the molecule is COc1cccc([C@H]2C3=C(C[C@H](c4ccc(F)cc4)CC3=O)Nc3ccccc3N2C(=O)c2cc(OC)c(OC)c(OC)c2)c1. The van der Waals surface area contributed by atoms with Gasteiger partial charge in [0.25, 0.3) is 5.91 Å². The Kier molecular flexibility index (Phi) is 8.17. The molecule has 6 rings (SSSR count). The van der Waals surface area contributed by atoms with Crippen molar-refractivity contribution in [1.82, 2.24) is 0 Å². The van der Waals surface area contributed by atoms with Gasteiger partial charge >= 0.3 is 0 Å².